The van der Waals surface area contributed by atoms with Gasteiger partial charge >= 0.3 is 0 Å². The Labute approximate surface area is 144 Å². The highest BCUT2D eigenvalue weighted by molar-refractivity contribution is 14.1. The SMILES string of the molecule is O=C(CO)Nc1c(I)cc(I)c(C(=O)CO)c1I. The van der Waals surface area contributed by atoms with E-state index < -0.39 is 24.9 Å². The number of halogens is 3. The van der Waals surface area contributed by atoms with Crippen LogP contribution in [0.3, 0.4) is 0 Å². The van der Waals surface area contributed by atoms with Gasteiger partial charge < -0.3 is 15.5 Å². The zero-order valence-corrected chi connectivity index (χ0v) is 15.3. The summed E-state index contributed by atoms with van der Waals surface area (Å²) in [6.45, 7) is -1.21. The number of carbonyl (C=O) groups excluding carboxylic acids is 2. The van der Waals surface area contributed by atoms with E-state index in [0.717, 1.165) is 3.57 Å². The fourth-order valence-electron chi connectivity index (χ4n) is 1.22. The lowest BCUT2D eigenvalue weighted by Crippen LogP contribution is -2.19. The van der Waals surface area contributed by atoms with Crippen molar-refractivity contribution in [1.29, 1.82) is 0 Å². The molecular weight excluding hydrogens is 579 g/mol. The van der Waals surface area contributed by atoms with Crippen molar-refractivity contribution in [2.75, 3.05) is 18.5 Å². The average Bonchev–Trinajstić information content (AvgIpc) is 2.33. The van der Waals surface area contributed by atoms with E-state index in [1.54, 1.807) is 6.07 Å². The molecule has 3 N–H and O–H groups in total. The Morgan fingerprint density at radius 3 is 2.22 bits per heavy atom. The van der Waals surface area contributed by atoms with Crippen LogP contribution in [-0.2, 0) is 4.79 Å². The van der Waals surface area contributed by atoms with Crippen molar-refractivity contribution in [2.24, 2.45) is 0 Å². The molecule has 5 nitrogen and oxygen atoms in total. The summed E-state index contributed by atoms with van der Waals surface area (Å²) < 4.78 is 2.03. The van der Waals surface area contributed by atoms with Crippen LogP contribution in [0.15, 0.2) is 6.07 Å². The number of aliphatic hydroxyl groups excluding tert-OH is 2. The maximum absolute atomic E-state index is 11.6. The predicted octanol–water partition coefficient (Wildman–Crippen LogP) is 1.61. The van der Waals surface area contributed by atoms with Crippen LogP contribution >= 0.6 is 67.8 Å². The zero-order chi connectivity index (χ0) is 13.9. The third kappa shape index (κ3) is 3.74. The van der Waals surface area contributed by atoms with Gasteiger partial charge in [-0.2, -0.15) is 0 Å². The number of aliphatic hydroxyl groups is 2. The van der Waals surface area contributed by atoms with Crippen LogP contribution < -0.4 is 5.32 Å². The van der Waals surface area contributed by atoms with Gasteiger partial charge in [-0.05, 0) is 73.8 Å². The molecule has 0 saturated heterocycles. The number of hydrogen-bond donors (Lipinski definition) is 3. The molecule has 18 heavy (non-hydrogen) atoms. The Balaban J connectivity index is 3.35. The maximum atomic E-state index is 11.6. The zero-order valence-electron chi connectivity index (χ0n) is 8.84. The lowest BCUT2D eigenvalue weighted by molar-refractivity contribution is -0.118. The summed E-state index contributed by atoms with van der Waals surface area (Å²) in [6, 6.07) is 1.74. The molecule has 0 unspecified atom stereocenters. The van der Waals surface area contributed by atoms with Gasteiger partial charge in [0.1, 0.15) is 13.2 Å². The van der Waals surface area contributed by atoms with Crippen LogP contribution in [0, 0.1) is 10.7 Å². The van der Waals surface area contributed by atoms with Crippen LogP contribution in [0.25, 0.3) is 0 Å². The normalized spacial score (nSPS) is 10.3. The molecule has 0 saturated carbocycles. The molecule has 0 aliphatic heterocycles. The fourth-order valence-corrected chi connectivity index (χ4v) is 5.46. The van der Waals surface area contributed by atoms with E-state index in [2.05, 4.69) is 5.32 Å². The maximum Gasteiger partial charge on any atom is 0.250 e. The molecule has 0 aromatic heterocycles. The Kier molecular flexibility index (Phi) is 6.71. The minimum Gasteiger partial charge on any atom is -0.388 e. The van der Waals surface area contributed by atoms with E-state index in [1.165, 1.54) is 0 Å². The summed E-state index contributed by atoms with van der Waals surface area (Å²) in [6.07, 6.45) is 0. The largest absolute Gasteiger partial charge is 0.388 e. The van der Waals surface area contributed by atoms with Crippen molar-refractivity contribution < 1.29 is 19.8 Å². The molecule has 0 aliphatic carbocycles. The molecule has 1 aromatic rings. The van der Waals surface area contributed by atoms with Gasteiger partial charge in [0.15, 0.2) is 5.78 Å². The second-order valence-corrected chi connectivity index (χ2v) is 6.59. The van der Waals surface area contributed by atoms with E-state index in [1.807, 2.05) is 67.8 Å². The molecule has 0 heterocycles. The molecule has 8 heteroatoms. The van der Waals surface area contributed by atoms with Crippen molar-refractivity contribution in [1.82, 2.24) is 0 Å². The standard InChI is InChI=1S/C10H8I3NO4/c11-4-1-5(12)10(14-7(18)3-16)9(13)8(4)6(17)2-15/h1,15-16H,2-3H2,(H,14,18). The number of anilines is 1. The highest BCUT2D eigenvalue weighted by atomic mass is 127. The van der Waals surface area contributed by atoms with Gasteiger partial charge in [0.05, 0.1) is 5.69 Å². The summed E-state index contributed by atoms with van der Waals surface area (Å²) in [7, 11) is 0. The first kappa shape index (κ1) is 16.5. The van der Waals surface area contributed by atoms with E-state index in [4.69, 9.17) is 10.2 Å². The van der Waals surface area contributed by atoms with Crippen molar-refractivity contribution in [3.8, 4) is 0 Å². The van der Waals surface area contributed by atoms with Gasteiger partial charge in [0.25, 0.3) is 0 Å². The molecule has 0 spiro atoms. The van der Waals surface area contributed by atoms with Crippen LogP contribution in [-0.4, -0.2) is 35.1 Å². The van der Waals surface area contributed by atoms with E-state index >= 15 is 0 Å². The lowest BCUT2D eigenvalue weighted by Gasteiger charge is -2.13. The monoisotopic (exact) mass is 587 g/mol. The van der Waals surface area contributed by atoms with Crippen LogP contribution in [0.5, 0.6) is 0 Å². The molecule has 0 radical (unpaired) electrons. The van der Waals surface area contributed by atoms with Gasteiger partial charge in [-0.1, -0.05) is 0 Å². The number of ketones is 1. The van der Waals surface area contributed by atoms with Crippen molar-refractivity contribution in [3.05, 3.63) is 22.3 Å². The number of rotatable bonds is 4. The molecule has 1 rings (SSSR count). The summed E-state index contributed by atoms with van der Waals surface area (Å²) in [5, 5.41) is 20.2. The van der Waals surface area contributed by atoms with Gasteiger partial charge in [-0.3, -0.25) is 9.59 Å². The summed E-state index contributed by atoms with van der Waals surface area (Å²) >= 11 is 5.98. The van der Waals surface area contributed by atoms with Gasteiger partial charge in [0.2, 0.25) is 5.91 Å². The van der Waals surface area contributed by atoms with E-state index in [0.29, 0.717) is 18.4 Å². The quantitative estimate of drug-likeness (QED) is 0.370. The second kappa shape index (κ2) is 7.31. The molecule has 1 aromatic carbocycles. The minimum atomic E-state index is -0.624. The van der Waals surface area contributed by atoms with Crippen LogP contribution in [0.2, 0.25) is 0 Å². The Morgan fingerprint density at radius 2 is 1.72 bits per heavy atom. The molecule has 0 atom stereocenters. The van der Waals surface area contributed by atoms with Crippen molar-refractivity contribution >= 4 is 85.2 Å². The summed E-state index contributed by atoms with van der Waals surface area (Å²) in [4.78, 5) is 22.9. The van der Waals surface area contributed by atoms with E-state index in [-0.39, 0.29) is 0 Å². The van der Waals surface area contributed by atoms with Gasteiger partial charge in [-0.25, -0.2) is 0 Å². The second-order valence-electron chi connectivity index (χ2n) is 3.19. The number of benzene rings is 1. The topological polar surface area (TPSA) is 86.6 Å². The first-order valence-electron chi connectivity index (χ1n) is 4.64. The third-order valence-electron chi connectivity index (χ3n) is 2.00. The lowest BCUT2D eigenvalue weighted by atomic mass is 10.1. The first-order chi connectivity index (χ1) is 8.42. The summed E-state index contributed by atoms with van der Waals surface area (Å²) in [5.41, 5.74) is 0.861. The van der Waals surface area contributed by atoms with Crippen molar-refractivity contribution in [3.63, 3.8) is 0 Å². The highest BCUT2D eigenvalue weighted by Crippen LogP contribution is 2.31. The van der Waals surface area contributed by atoms with Gasteiger partial charge in [-0.15, -0.1) is 0 Å². The molecule has 0 fully saturated rings. The number of carbonyl (C=O) groups is 2. The number of hydrogen-bond acceptors (Lipinski definition) is 4. The predicted molar refractivity (Wildman–Crippen MR) is 91.7 cm³/mol. The van der Waals surface area contributed by atoms with Crippen molar-refractivity contribution in [2.45, 2.75) is 0 Å². The Morgan fingerprint density at radius 1 is 1.11 bits per heavy atom. The number of Topliss-reactive ketones (excluding diaryl/α,β-unsaturated/α-hetero) is 1. The highest BCUT2D eigenvalue weighted by Gasteiger charge is 2.20. The summed E-state index contributed by atoms with van der Waals surface area (Å²) in [5.74, 6) is -0.950. The Bertz CT molecular complexity index is 504. The average molecular weight is 587 g/mol. The molecule has 98 valence electrons. The third-order valence-corrected chi connectivity index (χ3v) is 4.78. The number of amides is 1. The first-order valence-corrected chi connectivity index (χ1v) is 7.88. The van der Waals surface area contributed by atoms with Gasteiger partial charge in [0, 0.05) is 16.3 Å². The molecule has 1 amide bonds. The van der Waals surface area contributed by atoms with Crippen LogP contribution in [0.4, 0.5) is 5.69 Å². The smallest absolute Gasteiger partial charge is 0.250 e. The molecule has 0 aliphatic rings. The number of nitrogens with one attached hydrogen (secondary N) is 1. The molecule has 0 bridgehead atoms. The fraction of sp³-hybridized carbons (Fsp3) is 0.200. The molecular formula is C10H8I3NO4. The Hall–Kier alpha value is 0.470. The van der Waals surface area contributed by atoms with Crippen LogP contribution in [0.1, 0.15) is 10.4 Å². The van der Waals surface area contributed by atoms with E-state index in [9.17, 15) is 9.59 Å². The minimum absolute atomic E-state index is 0.382.